The Labute approximate surface area is 59.5 Å². The summed E-state index contributed by atoms with van der Waals surface area (Å²) in [5, 5.41) is 11.9. The predicted octanol–water partition coefficient (Wildman–Crippen LogP) is 1.07. The lowest BCUT2D eigenvalue weighted by Gasteiger charge is -2.21. The minimum Gasteiger partial charge on any atom is -0.250 e. The fraction of sp³-hybridized carbons (Fsp3) is 1.00. The topological polar surface area (TPSA) is 62.1 Å². The molecule has 5 nitrogen and oxygen atoms in total. The van der Waals surface area contributed by atoms with Crippen LogP contribution in [0.25, 0.3) is 0 Å². The number of hydrogen-bond acceptors (Lipinski definition) is 4. The summed E-state index contributed by atoms with van der Waals surface area (Å²) in [4.78, 5) is 13.9. The van der Waals surface area contributed by atoms with Crippen molar-refractivity contribution in [1.29, 1.82) is 0 Å². The lowest BCUT2D eigenvalue weighted by Crippen LogP contribution is -2.33. The summed E-state index contributed by atoms with van der Waals surface area (Å²) in [5.74, 6) is 0.0210. The molecule has 0 aromatic carbocycles. The molecule has 1 atom stereocenters. The van der Waals surface area contributed by atoms with E-state index in [0.717, 1.165) is 5.01 Å². The van der Waals surface area contributed by atoms with E-state index in [-0.39, 0.29) is 5.92 Å². The maximum absolute atomic E-state index is 9.89. The van der Waals surface area contributed by atoms with Gasteiger partial charge in [-0.25, -0.2) is 15.2 Å². The van der Waals surface area contributed by atoms with Gasteiger partial charge in [0.05, 0.1) is 5.29 Å². The summed E-state index contributed by atoms with van der Waals surface area (Å²) in [6.45, 7) is 3.62. The zero-order valence-corrected chi connectivity index (χ0v) is 6.31. The van der Waals surface area contributed by atoms with E-state index < -0.39 is 6.23 Å². The molecule has 0 aliphatic rings. The zero-order valence-electron chi connectivity index (χ0n) is 6.31. The molecule has 60 valence electrons. The van der Waals surface area contributed by atoms with Crippen LogP contribution in [0.5, 0.6) is 0 Å². The van der Waals surface area contributed by atoms with Crippen LogP contribution in [-0.4, -0.2) is 23.5 Å². The molecule has 10 heavy (non-hydrogen) atoms. The van der Waals surface area contributed by atoms with Gasteiger partial charge in [0.1, 0.15) is 0 Å². The van der Waals surface area contributed by atoms with Crippen LogP contribution in [-0.2, 0) is 4.89 Å². The van der Waals surface area contributed by atoms with E-state index in [9.17, 15) is 4.91 Å². The van der Waals surface area contributed by atoms with Gasteiger partial charge in [0.15, 0.2) is 6.23 Å². The summed E-state index contributed by atoms with van der Waals surface area (Å²) in [7, 11) is 1.44. The molecule has 5 heteroatoms. The van der Waals surface area contributed by atoms with Crippen LogP contribution >= 0.6 is 0 Å². The van der Waals surface area contributed by atoms with Crippen molar-refractivity contribution >= 4 is 0 Å². The van der Waals surface area contributed by atoms with Crippen LogP contribution in [0, 0.1) is 10.8 Å². The van der Waals surface area contributed by atoms with E-state index >= 15 is 0 Å². The molecule has 0 amide bonds. The van der Waals surface area contributed by atoms with Crippen molar-refractivity contribution in [3.63, 3.8) is 0 Å². The van der Waals surface area contributed by atoms with Crippen molar-refractivity contribution in [1.82, 2.24) is 5.01 Å². The first-order valence-corrected chi connectivity index (χ1v) is 2.99. The molecule has 0 aliphatic heterocycles. The number of nitrogens with zero attached hydrogens (tertiary/aromatic N) is 2. The third kappa shape index (κ3) is 2.28. The molecule has 0 heterocycles. The van der Waals surface area contributed by atoms with E-state index in [1.54, 1.807) is 0 Å². The van der Waals surface area contributed by atoms with Gasteiger partial charge in [-0.2, -0.15) is 0 Å². The average molecular weight is 148 g/mol. The van der Waals surface area contributed by atoms with Gasteiger partial charge in [-0.3, -0.25) is 0 Å². The van der Waals surface area contributed by atoms with Crippen LogP contribution < -0.4 is 0 Å². The average Bonchev–Trinajstić information content (AvgIpc) is 1.88. The summed E-state index contributed by atoms with van der Waals surface area (Å²) in [6, 6.07) is 0. The van der Waals surface area contributed by atoms with Crippen molar-refractivity contribution < 1.29 is 10.1 Å². The van der Waals surface area contributed by atoms with E-state index in [4.69, 9.17) is 5.26 Å². The standard InChI is InChI=1S/C5H12N2O3/c1-4(2)5(10-9)7(3)6-8/h4-5,9H,1-3H3. The van der Waals surface area contributed by atoms with E-state index in [1.165, 1.54) is 7.05 Å². The minimum atomic E-state index is -0.655. The second-order valence-electron chi connectivity index (χ2n) is 2.40. The Morgan fingerprint density at radius 3 is 2.20 bits per heavy atom. The Kier molecular flexibility index (Phi) is 3.90. The quantitative estimate of drug-likeness (QED) is 0.280. The summed E-state index contributed by atoms with van der Waals surface area (Å²) >= 11 is 0. The van der Waals surface area contributed by atoms with Gasteiger partial charge in [-0.1, -0.05) is 13.8 Å². The lowest BCUT2D eigenvalue weighted by molar-refractivity contribution is -0.321. The van der Waals surface area contributed by atoms with Gasteiger partial charge >= 0.3 is 0 Å². The van der Waals surface area contributed by atoms with E-state index in [2.05, 4.69) is 10.2 Å². The van der Waals surface area contributed by atoms with Gasteiger partial charge < -0.3 is 0 Å². The van der Waals surface area contributed by atoms with E-state index in [0.29, 0.717) is 0 Å². The Morgan fingerprint density at radius 1 is 1.60 bits per heavy atom. The highest BCUT2D eigenvalue weighted by atomic mass is 17.1. The molecule has 0 rings (SSSR count). The van der Waals surface area contributed by atoms with Gasteiger partial charge in [-0.15, -0.1) is 4.91 Å². The summed E-state index contributed by atoms with van der Waals surface area (Å²) in [5.41, 5.74) is 0. The van der Waals surface area contributed by atoms with Crippen LogP contribution in [0.4, 0.5) is 0 Å². The Balaban J connectivity index is 3.92. The molecule has 0 aromatic rings. The molecule has 0 aliphatic carbocycles. The number of nitroso groups, excluding NO2 is 1. The predicted molar refractivity (Wildman–Crippen MR) is 35.9 cm³/mol. The van der Waals surface area contributed by atoms with Crippen molar-refractivity contribution in [2.45, 2.75) is 20.1 Å². The molecule has 1 unspecified atom stereocenters. The lowest BCUT2D eigenvalue weighted by atomic mass is 10.2. The van der Waals surface area contributed by atoms with Gasteiger partial charge in [-0.05, 0) is 0 Å². The highest BCUT2D eigenvalue weighted by Gasteiger charge is 2.18. The SMILES string of the molecule is CC(C)C(OO)N(C)N=O. The third-order valence-electron chi connectivity index (χ3n) is 1.18. The van der Waals surface area contributed by atoms with Crippen LogP contribution in [0.2, 0.25) is 0 Å². The van der Waals surface area contributed by atoms with Crippen molar-refractivity contribution in [2.75, 3.05) is 7.05 Å². The van der Waals surface area contributed by atoms with Crippen molar-refractivity contribution in [2.24, 2.45) is 11.2 Å². The van der Waals surface area contributed by atoms with Gasteiger partial charge in [0, 0.05) is 13.0 Å². The molecule has 0 spiro atoms. The Hall–Kier alpha value is -0.680. The fourth-order valence-electron chi connectivity index (χ4n) is 0.668. The first-order chi connectivity index (χ1) is 4.63. The zero-order chi connectivity index (χ0) is 8.15. The second-order valence-corrected chi connectivity index (χ2v) is 2.40. The Bertz CT molecular complexity index is 107. The maximum Gasteiger partial charge on any atom is 0.184 e. The van der Waals surface area contributed by atoms with Crippen molar-refractivity contribution in [3.05, 3.63) is 4.91 Å². The number of rotatable bonds is 4. The first kappa shape index (κ1) is 9.32. The molecular formula is C5H12N2O3. The normalized spacial score (nSPS) is 13.3. The second kappa shape index (κ2) is 4.19. The monoisotopic (exact) mass is 148 g/mol. The highest BCUT2D eigenvalue weighted by molar-refractivity contribution is 4.56. The van der Waals surface area contributed by atoms with Crippen LogP contribution in [0.3, 0.4) is 0 Å². The third-order valence-corrected chi connectivity index (χ3v) is 1.18. The Morgan fingerprint density at radius 2 is 2.10 bits per heavy atom. The molecule has 0 saturated carbocycles. The van der Waals surface area contributed by atoms with Gasteiger partial charge in [0.2, 0.25) is 0 Å². The first-order valence-electron chi connectivity index (χ1n) is 2.99. The van der Waals surface area contributed by atoms with E-state index in [1.807, 2.05) is 13.8 Å². The number of hydrogen-bond donors (Lipinski definition) is 1. The molecule has 0 radical (unpaired) electrons. The molecule has 0 fully saturated rings. The minimum absolute atomic E-state index is 0.0210. The van der Waals surface area contributed by atoms with Crippen LogP contribution in [0.15, 0.2) is 5.29 Å². The smallest absolute Gasteiger partial charge is 0.184 e. The highest BCUT2D eigenvalue weighted by Crippen LogP contribution is 2.08. The fourth-order valence-corrected chi connectivity index (χ4v) is 0.668. The van der Waals surface area contributed by atoms with Gasteiger partial charge in [0.25, 0.3) is 0 Å². The molecule has 1 N–H and O–H groups in total. The molecule has 0 saturated heterocycles. The molecule has 0 aromatic heterocycles. The largest absolute Gasteiger partial charge is 0.250 e. The maximum atomic E-state index is 9.89. The summed E-state index contributed by atoms with van der Waals surface area (Å²) < 4.78 is 0. The summed E-state index contributed by atoms with van der Waals surface area (Å²) in [6.07, 6.45) is -0.655. The molecular weight excluding hydrogens is 136 g/mol. The van der Waals surface area contributed by atoms with Crippen molar-refractivity contribution in [3.8, 4) is 0 Å². The van der Waals surface area contributed by atoms with Crippen LogP contribution in [0.1, 0.15) is 13.8 Å². The molecule has 0 bridgehead atoms.